The van der Waals surface area contributed by atoms with Crippen molar-refractivity contribution in [3.8, 4) is 0 Å². The molecule has 0 saturated heterocycles. The van der Waals surface area contributed by atoms with Crippen LogP contribution in [0.5, 0.6) is 0 Å². The summed E-state index contributed by atoms with van der Waals surface area (Å²) in [4.78, 5) is 0. The van der Waals surface area contributed by atoms with Crippen molar-refractivity contribution in [3.63, 3.8) is 0 Å². The molecule has 1 heteroatoms. The molecule has 90 valence electrons. The number of hydrogen-bond acceptors (Lipinski definition) is 0. The van der Waals surface area contributed by atoms with Gasteiger partial charge in [-0.3, -0.25) is 0 Å². The molecule has 0 nitrogen and oxygen atoms in total. The van der Waals surface area contributed by atoms with E-state index in [1.54, 1.807) is 6.42 Å². The third kappa shape index (κ3) is 5.40. The molecule has 2 saturated carbocycles. The second-order valence-corrected chi connectivity index (χ2v) is 5.67. The van der Waals surface area contributed by atoms with Gasteiger partial charge in [0.05, 0.1) is 0 Å². The van der Waals surface area contributed by atoms with E-state index in [4.69, 9.17) is 0 Å². The molecule has 0 atom stereocenters. The van der Waals surface area contributed by atoms with Crippen LogP contribution in [-0.4, -0.2) is 23.1 Å². The fourth-order valence-corrected chi connectivity index (χ4v) is 3.27. The summed E-state index contributed by atoms with van der Waals surface area (Å²) < 4.78 is 0. The van der Waals surface area contributed by atoms with Gasteiger partial charge in [0.2, 0.25) is 0 Å². The van der Waals surface area contributed by atoms with Gasteiger partial charge in [-0.15, -0.1) is 0 Å². The van der Waals surface area contributed by atoms with Crippen molar-refractivity contribution in [2.24, 2.45) is 17.8 Å². The van der Waals surface area contributed by atoms with E-state index in [0.29, 0.717) is 0 Å². The standard InChI is InChI=1S/C14H25.CH3.Mg/c1-12-7-9-14(10-8-12)11-13-5-3-2-4-6-13;;/h2,12-14H,3-11H2,1H3;1H3;/q2*-1;+2. The zero-order valence-electron chi connectivity index (χ0n) is 11.4. The van der Waals surface area contributed by atoms with Crippen molar-refractivity contribution < 1.29 is 0 Å². The van der Waals surface area contributed by atoms with Crippen LogP contribution in [0.3, 0.4) is 0 Å². The molecule has 0 bridgehead atoms. The molecule has 2 aliphatic carbocycles. The molecule has 0 aromatic rings. The van der Waals surface area contributed by atoms with E-state index in [9.17, 15) is 0 Å². The van der Waals surface area contributed by atoms with Gasteiger partial charge in [-0.2, -0.15) is 12.8 Å². The van der Waals surface area contributed by atoms with Crippen molar-refractivity contribution in [1.82, 2.24) is 0 Å². The molecule has 2 rings (SSSR count). The molecule has 16 heavy (non-hydrogen) atoms. The Hall–Kier alpha value is 0.766. The van der Waals surface area contributed by atoms with E-state index in [0.717, 1.165) is 17.8 Å². The average molecular weight is 233 g/mol. The zero-order valence-corrected chi connectivity index (χ0v) is 12.8. The summed E-state index contributed by atoms with van der Waals surface area (Å²) >= 11 is 0. The van der Waals surface area contributed by atoms with Crippen molar-refractivity contribution in [1.29, 1.82) is 0 Å². The van der Waals surface area contributed by atoms with Crippen LogP contribution in [0.25, 0.3) is 0 Å². The van der Waals surface area contributed by atoms with Crippen LogP contribution >= 0.6 is 0 Å². The molecule has 0 radical (unpaired) electrons. The van der Waals surface area contributed by atoms with Crippen LogP contribution in [0.2, 0.25) is 0 Å². The van der Waals surface area contributed by atoms with E-state index >= 15 is 0 Å². The van der Waals surface area contributed by atoms with Crippen molar-refractivity contribution in [2.75, 3.05) is 0 Å². The van der Waals surface area contributed by atoms with E-state index in [1.807, 2.05) is 0 Å². The molecule has 2 fully saturated rings. The van der Waals surface area contributed by atoms with Crippen LogP contribution in [-0.2, 0) is 0 Å². The first kappa shape index (κ1) is 16.8. The average Bonchev–Trinajstić information content (AvgIpc) is 2.23. The first-order chi connectivity index (χ1) is 6.84. The topological polar surface area (TPSA) is 0 Å². The van der Waals surface area contributed by atoms with Crippen molar-refractivity contribution in [3.05, 3.63) is 13.8 Å². The maximum atomic E-state index is 2.49. The van der Waals surface area contributed by atoms with Gasteiger partial charge in [-0.1, -0.05) is 45.4 Å². The predicted molar refractivity (Wildman–Crippen MR) is 74.2 cm³/mol. The molecule has 0 unspecified atom stereocenters. The third-order valence-electron chi connectivity index (χ3n) is 4.36. The van der Waals surface area contributed by atoms with E-state index in [2.05, 4.69) is 13.3 Å². The van der Waals surface area contributed by atoms with Gasteiger partial charge in [-0.25, -0.2) is 0 Å². The minimum atomic E-state index is 0. The molecule has 0 aromatic carbocycles. The SMILES string of the molecule is CC1CCC(CC2CC[CH-]CC2)CC1.[CH3-].[Mg+2]. The fourth-order valence-electron chi connectivity index (χ4n) is 3.27. The van der Waals surface area contributed by atoms with Crippen LogP contribution in [0.15, 0.2) is 0 Å². The molecule has 0 aromatic heterocycles. The van der Waals surface area contributed by atoms with Gasteiger partial charge in [0, 0.05) is 0 Å². The molecule has 0 amide bonds. The number of rotatable bonds is 2. The van der Waals surface area contributed by atoms with Crippen LogP contribution in [0.1, 0.15) is 64.7 Å². The summed E-state index contributed by atoms with van der Waals surface area (Å²) in [6, 6.07) is 0. The summed E-state index contributed by atoms with van der Waals surface area (Å²) in [5.74, 6) is 3.19. The Morgan fingerprint density at radius 1 is 0.875 bits per heavy atom. The minimum absolute atomic E-state index is 0. The predicted octanol–water partition coefficient (Wildman–Crippen LogP) is 4.67. The normalized spacial score (nSPS) is 31.3. The van der Waals surface area contributed by atoms with Gasteiger partial charge in [0.15, 0.2) is 0 Å². The molecular weight excluding hydrogens is 204 g/mol. The molecule has 0 aliphatic heterocycles. The van der Waals surface area contributed by atoms with Crippen molar-refractivity contribution in [2.45, 2.75) is 64.7 Å². The molecule has 0 heterocycles. The first-order valence-corrected chi connectivity index (χ1v) is 6.66. The Labute approximate surface area is 119 Å². The summed E-state index contributed by atoms with van der Waals surface area (Å²) in [5.41, 5.74) is 0. The number of hydrogen-bond donors (Lipinski definition) is 0. The Bertz CT molecular complexity index is 153. The first-order valence-electron chi connectivity index (χ1n) is 6.66. The smallest absolute Gasteiger partial charge is 0.358 e. The van der Waals surface area contributed by atoms with Gasteiger partial charge in [0.25, 0.3) is 0 Å². The van der Waals surface area contributed by atoms with Gasteiger partial charge >= 0.3 is 23.1 Å². The van der Waals surface area contributed by atoms with E-state index < -0.39 is 0 Å². The maximum Gasteiger partial charge on any atom is 2.00 e. The Balaban J connectivity index is 0.00000112. The molecule has 0 N–H and O–H groups in total. The summed E-state index contributed by atoms with van der Waals surface area (Å²) in [6.45, 7) is 2.42. The minimum Gasteiger partial charge on any atom is -0.358 e. The van der Waals surface area contributed by atoms with Crippen LogP contribution < -0.4 is 0 Å². The second kappa shape index (κ2) is 8.80. The Kier molecular flexibility index (Phi) is 9.22. The monoisotopic (exact) mass is 232 g/mol. The van der Waals surface area contributed by atoms with Gasteiger partial charge in [-0.05, 0) is 24.2 Å². The Morgan fingerprint density at radius 2 is 1.38 bits per heavy atom. The quantitative estimate of drug-likeness (QED) is 0.480. The van der Waals surface area contributed by atoms with Crippen LogP contribution in [0, 0.1) is 31.6 Å². The maximum absolute atomic E-state index is 2.49. The van der Waals surface area contributed by atoms with Crippen LogP contribution in [0.4, 0.5) is 0 Å². The fraction of sp³-hybridized carbons (Fsp3) is 0.867. The largest absolute Gasteiger partial charge is 2.00 e. The third-order valence-corrected chi connectivity index (χ3v) is 4.36. The summed E-state index contributed by atoms with van der Waals surface area (Å²) in [6.07, 6.45) is 15.9. The molecule has 0 spiro atoms. The second-order valence-electron chi connectivity index (χ2n) is 5.67. The van der Waals surface area contributed by atoms with Gasteiger partial charge in [0.1, 0.15) is 0 Å². The summed E-state index contributed by atoms with van der Waals surface area (Å²) in [5, 5.41) is 0. The molecular formula is C15H28Mg. The van der Waals surface area contributed by atoms with Gasteiger partial charge < -0.3 is 13.8 Å². The van der Waals surface area contributed by atoms with E-state index in [-0.39, 0.29) is 30.5 Å². The van der Waals surface area contributed by atoms with E-state index in [1.165, 1.54) is 51.4 Å². The Morgan fingerprint density at radius 3 is 1.94 bits per heavy atom. The molecule has 2 aliphatic rings. The van der Waals surface area contributed by atoms with Crippen molar-refractivity contribution >= 4 is 23.1 Å². The zero-order chi connectivity index (χ0) is 9.80. The summed E-state index contributed by atoms with van der Waals surface area (Å²) in [7, 11) is 0.